The smallest absolute Gasteiger partial charge is 0.0636 e. The predicted octanol–water partition coefficient (Wildman–Crippen LogP) is 3.28. The van der Waals surface area contributed by atoms with Crippen molar-refractivity contribution in [3.63, 3.8) is 0 Å². The molecule has 3 rings (SSSR count). The predicted molar refractivity (Wildman–Crippen MR) is 61.5 cm³/mol. The Hall–Kier alpha value is -0.300. The number of allylic oxidation sites excluding steroid dienone is 1. The van der Waals surface area contributed by atoms with Gasteiger partial charge in [-0.25, -0.2) is 0 Å². The van der Waals surface area contributed by atoms with Crippen molar-refractivity contribution in [2.45, 2.75) is 58.0 Å². The van der Waals surface area contributed by atoms with Crippen molar-refractivity contribution in [2.75, 3.05) is 0 Å². The molecule has 1 N–H and O–H groups in total. The zero-order valence-electron chi connectivity index (χ0n) is 9.71. The SMILES string of the molecule is CC1=C(C2CC3CCCC3C2O)CCC1. The van der Waals surface area contributed by atoms with Gasteiger partial charge in [0.25, 0.3) is 0 Å². The van der Waals surface area contributed by atoms with E-state index in [0.717, 1.165) is 5.92 Å². The molecule has 1 nitrogen and oxygen atoms in total. The lowest BCUT2D eigenvalue weighted by atomic mass is 9.90. The molecule has 3 aliphatic rings. The molecule has 0 saturated heterocycles. The molecule has 0 heterocycles. The van der Waals surface area contributed by atoms with E-state index >= 15 is 0 Å². The normalized spacial score (nSPS) is 45.2. The largest absolute Gasteiger partial charge is 0.392 e. The summed E-state index contributed by atoms with van der Waals surface area (Å²) in [5.41, 5.74) is 3.23. The Kier molecular flexibility index (Phi) is 2.39. The van der Waals surface area contributed by atoms with Gasteiger partial charge < -0.3 is 5.11 Å². The van der Waals surface area contributed by atoms with E-state index < -0.39 is 0 Å². The summed E-state index contributed by atoms with van der Waals surface area (Å²) >= 11 is 0. The lowest BCUT2D eigenvalue weighted by Gasteiger charge is -2.20. The number of hydrogen-bond donors (Lipinski definition) is 1. The molecule has 2 fully saturated rings. The van der Waals surface area contributed by atoms with Crippen LogP contribution in [0.2, 0.25) is 0 Å². The third-order valence-corrected chi connectivity index (χ3v) is 5.12. The van der Waals surface area contributed by atoms with Crippen molar-refractivity contribution < 1.29 is 5.11 Å². The van der Waals surface area contributed by atoms with Gasteiger partial charge in [0, 0.05) is 5.92 Å². The minimum atomic E-state index is 0.000509. The summed E-state index contributed by atoms with van der Waals surface area (Å²) in [7, 11) is 0. The molecule has 2 saturated carbocycles. The monoisotopic (exact) mass is 206 g/mol. The maximum atomic E-state index is 10.4. The van der Waals surface area contributed by atoms with Gasteiger partial charge in [-0.3, -0.25) is 0 Å². The fourth-order valence-electron chi connectivity index (χ4n) is 4.34. The van der Waals surface area contributed by atoms with Crippen LogP contribution >= 0.6 is 0 Å². The van der Waals surface area contributed by atoms with Gasteiger partial charge >= 0.3 is 0 Å². The molecule has 0 aliphatic heterocycles. The summed E-state index contributed by atoms with van der Waals surface area (Å²) in [4.78, 5) is 0. The van der Waals surface area contributed by atoms with Crippen molar-refractivity contribution >= 4 is 0 Å². The Morgan fingerprint density at radius 1 is 1.13 bits per heavy atom. The molecule has 4 unspecified atom stereocenters. The first-order valence-electron chi connectivity index (χ1n) is 6.64. The number of fused-ring (bicyclic) bond motifs is 1. The molecular weight excluding hydrogens is 184 g/mol. The van der Waals surface area contributed by atoms with Crippen LogP contribution in [0.5, 0.6) is 0 Å². The number of aliphatic hydroxyl groups is 1. The Morgan fingerprint density at radius 2 is 2.00 bits per heavy atom. The molecule has 0 aromatic rings. The zero-order valence-corrected chi connectivity index (χ0v) is 9.71. The van der Waals surface area contributed by atoms with Crippen molar-refractivity contribution in [2.24, 2.45) is 17.8 Å². The van der Waals surface area contributed by atoms with Crippen LogP contribution in [0.1, 0.15) is 51.9 Å². The third kappa shape index (κ3) is 1.47. The van der Waals surface area contributed by atoms with E-state index in [1.54, 1.807) is 11.1 Å². The first-order valence-corrected chi connectivity index (χ1v) is 6.64. The second kappa shape index (κ2) is 3.62. The number of aliphatic hydroxyl groups excluding tert-OH is 1. The van der Waals surface area contributed by atoms with E-state index in [2.05, 4.69) is 6.92 Å². The molecule has 84 valence electrons. The number of hydrogen-bond acceptors (Lipinski definition) is 1. The maximum Gasteiger partial charge on any atom is 0.0636 e. The van der Waals surface area contributed by atoms with Crippen molar-refractivity contribution in [3.05, 3.63) is 11.1 Å². The van der Waals surface area contributed by atoms with E-state index in [-0.39, 0.29) is 6.10 Å². The Bertz CT molecular complexity index is 292. The van der Waals surface area contributed by atoms with Gasteiger partial charge in [-0.1, -0.05) is 24.0 Å². The fraction of sp³-hybridized carbons (Fsp3) is 0.857. The summed E-state index contributed by atoms with van der Waals surface area (Å²) in [5, 5.41) is 10.4. The quantitative estimate of drug-likeness (QED) is 0.653. The molecule has 0 aromatic heterocycles. The van der Waals surface area contributed by atoms with Gasteiger partial charge in [-0.2, -0.15) is 0 Å². The van der Waals surface area contributed by atoms with Crippen LogP contribution < -0.4 is 0 Å². The molecule has 0 spiro atoms. The van der Waals surface area contributed by atoms with Crippen molar-refractivity contribution in [3.8, 4) is 0 Å². The van der Waals surface area contributed by atoms with Gasteiger partial charge in [0.15, 0.2) is 0 Å². The Balaban J connectivity index is 1.81. The van der Waals surface area contributed by atoms with Crippen molar-refractivity contribution in [1.29, 1.82) is 0 Å². The highest BCUT2D eigenvalue weighted by Gasteiger charge is 2.46. The number of rotatable bonds is 1. The molecule has 0 amide bonds. The van der Waals surface area contributed by atoms with Crippen LogP contribution in [0.15, 0.2) is 11.1 Å². The molecule has 4 atom stereocenters. The van der Waals surface area contributed by atoms with Crippen LogP contribution in [0.25, 0.3) is 0 Å². The topological polar surface area (TPSA) is 20.2 Å². The first kappa shape index (κ1) is 9.89. The molecule has 0 aromatic carbocycles. The van der Waals surface area contributed by atoms with E-state index in [1.165, 1.54) is 44.9 Å². The molecular formula is C14H22O. The van der Waals surface area contributed by atoms with Gasteiger partial charge in [-0.15, -0.1) is 0 Å². The summed E-state index contributed by atoms with van der Waals surface area (Å²) < 4.78 is 0. The van der Waals surface area contributed by atoms with Crippen LogP contribution in [0.4, 0.5) is 0 Å². The highest BCUT2D eigenvalue weighted by Crippen LogP contribution is 2.51. The van der Waals surface area contributed by atoms with E-state index in [0.29, 0.717) is 11.8 Å². The van der Waals surface area contributed by atoms with Crippen molar-refractivity contribution in [1.82, 2.24) is 0 Å². The second-order valence-electron chi connectivity index (χ2n) is 5.85. The minimum Gasteiger partial charge on any atom is -0.392 e. The van der Waals surface area contributed by atoms with Gasteiger partial charge in [0.05, 0.1) is 6.10 Å². The maximum absolute atomic E-state index is 10.4. The van der Waals surface area contributed by atoms with Crippen LogP contribution in [-0.2, 0) is 0 Å². The van der Waals surface area contributed by atoms with E-state index in [1.807, 2.05) is 0 Å². The zero-order chi connectivity index (χ0) is 10.4. The molecule has 0 radical (unpaired) electrons. The Labute approximate surface area is 92.6 Å². The molecule has 0 bridgehead atoms. The summed E-state index contributed by atoms with van der Waals surface area (Å²) in [6.45, 7) is 2.28. The summed E-state index contributed by atoms with van der Waals surface area (Å²) in [6.07, 6.45) is 9.20. The Morgan fingerprint density at radius 3 is 2.67 bits per heavy atom. The average molecular weight is 206 g/mol. The molecule has 3 aliphatic carbocycles. The highest BCUT2D eigenvalue weighted by atomic mass is 16.3. The molecule has 15 heavy (non-hydrogen) atoms. The fourth-order valence-corrected chi connectivity index (χ4v) is 4.34. The van der Waals surface area contributed by atoms with Crippen LogP contribution in [0.3, 0.4) is 0 Å². The summed E-state index contributed by atoms with van der Waals surface area (Å²) in [5.74, 6) is 2.05. The second-order valence-corrected chi connectivity index (χ2v) is 5.85. The first-order chi connectivity index (χ1) is 7.27. The van der Waals surface area contributed by atoms with Crippen LogP contribution in [0, 0.1) is 17.8 Å². The van der Waals surface area contributed by atoms with E-state index in [9.17, 15) is 5.11 Å². The molecule has 1 heteroatoms. The van der Waals surface area contributed by atoms with Crippen LogP contribution in [-0.4, -0.2) is 11.2 Å². The third-order valence-electron chi connectivity index (χ3n) is 5.12. The van der Waals surface area contributed by atoms with Gasteiger partial charge in [0.1, 0.15) is 0 Å². The lowest BCUT2D eigenvalue weighted by Crippen LogP contribution is -2.22. The van der Waals surface area contributed by atoms with E-state index in [4.69, 9.17) is 0 Å². The highest BCUT2D eigenvalue weighted by molar-refractivity contribution is 5.23. The average Bonchev–Trinajstić information content (AvgIpc) is 2.85. The lowest BCUT2D eigenvalue weighted by molar-refractivity contribution is 0.0988. The van der Waals surface area contributed by atoms with Gasteiger partial charge in [-0.05, 0) is 50.9 Å². The minimum absolute atomic E-state index is 0.000509. The summed E-state index contributed by atoms with van der Waals surface area (Å²) in [6, 6.07) is 0. The van der Waals surface area contributed by atoms with Gasteiger partial charge in [0.2, 0.25) is 0 Å². The standard InChI is InChI=1S/C14H22O/c1-9-4-2-6-11(9)13-8-10-5-3-7-12(10)14(13)15/h10,12-15H,2-8H2,1H3.